The van der Waals surface area contributed by atoms with E-state index in [-0.39, 0.29) is 5.91 Å². The van der Waals surface area contributed by atoms with Crippen molar-refractivity contribution < 1.29 is 9.53 Å². The van der Waals surface area contributed by atoms with Gasteiger partial charge >= 0.3 is 0 Å². The van der Waals surface area contributed by atoms with Crippen molar-refractivity contribution in [3.8, 4) is 0 Å². The van der Waals surface area contributed by atoms with Gasteiger partial charge in [-0.2, -0.15) is 5.10 Å². The Morgan fingerprint density at radius 3 is 2.71 bits per heavy atom. The van der Waals surface area contributed by atoms with E-state index in [0.717, 1.165) is 57.9 Å². The van der Waals surface area contributed by atoms with Crippen LogP contribution in [0.2, 0.25) is 0 Å². The lowest BCUT2D eigenvalue weighted by atomic mass is 9.99. The molecule has 24 heavy (non-hydrogen) atoms. The van der Waals surface area contributed by atoms with Crippen molar-refractivity contribution in [3.05, 3.63) is 17.5 Å². The van der Waals surface area contributed by atoms with E-state index in [0.29, 0.717) is 18.4 Å². The summed E-state index contributed by atoms with van der Waals surface area (Å²) in [5.41, 5.74) is 2.21. The van der Waals surface area contributed by atoms with Gasteiger partial charge in [-0.25, -0.2) is 0 Å². The predicted octanol–water partition coefficient (Wildman–Crippen LogP) is 1.23. The van der Waals surface area contributed by atoms with Crippen LogP contribution in [0.4, 0.5) is 0 Å². The fourth-order valence-corrected chi connectivity index (χ4v) is 4.08. The summed E-state index contributed by atoms with van der Waals surface area (Å²) in [5.74, 6) is 0.875. The van der Waals surface area contributed by atoms with Crippen molar-refractivity contribution in [3.63, 3.8) is 0 Å². The number of carbonyl (C=O) groups excluding carboxylic acids is 1. The van der Waals surface area contributed by atoms with E-state index in [2.05, 4.69) is 21.8 Å². The molecule has 1 aromatic heterocycles. The van der Waals surface area contributed by atoms with Gasteiger partial charge in [0.1, 0.15) is 0 Å². The Morgan fingerprint density at radius 1 is 1.33 bits per heavy atom. The van der Waals surface area contributed by atoms with Gasteiger partial charge in [-0.05, 0) is 24.8 Å². The van der Waals surface area contributed by atoms with E-state index >= 15 is 0 Å². The normalized spacial score (nSPS) is 25.4. The van der Waals surface area contributed by atoms with E-state index < -0.39 is 0 Å². The SMILES string of the molecule is CC[C@H]1CN(C(=O)CCc2cn(C)nc2C)C[C@H]1N1CCOCC1. The van der Waals surface area contributed by atoms with Crippen molar-refractivity contribution in [2.24, 2.45) is 13.0 Å². The number of hydrogen-bond donors (Lipinski definition) is 0. The van der Waals surface area contributed by atoms with E-state index in [1.165, 1.54) is 5.56 Å². The molecule has 2 aliphatic heterocycles. The highest BCUT2D eigenvalue weighted by atomic mass is 16.5. The molecule has 0 saturated carbocycles. The molecule has 0 spiro atoms. The highest BCUT2D eigenvalue weighted by molar-refractivity contribution is 5.77. The summed E-state index contributed by atoms with van der Waals surface area (Å²) < 4.78 is 7.30. The molecule has 2 saturated heterocycles. The van der Waals surface area contributed by atoms with Gasteiger partial charge in [0.25, 0.3) is 0 Å². The maximum absolute atomic E-state index is 12.7. The summed E-state index contributed by atoms with van der Waals surface area (Å²) in [5, 5.41) is 4.36. The Hall–Kier alpha value is -1.40. The Balaban J connectivity index is 1.56. The van der Waals surface area contributed by atoms with Crippen LogP contribution in [0.15, 0.2) is 6.20 Å². The van der Waals surface area contributed by atoms with Crippen LogP contribution >= 0.6 is 0 Å². The molecule has 6 nitrogen and oxygen atoms in total. The van der Waals surface area contributed by atoms with Crippen LogP contribution in [0.3, 0.4) is 0 Å². The van der Waals surface area contributed by atoms with Crippen LogP contribution in [-0.2, 0) is 23.0 Å². The second kappa shape index (κ2) is 7.66. The molecule has 0 radical (unpaired) electrons. The molecule has 1 aromatic rings. The zero-order chi connectivity index (χ0) is 17.1. The number of ether oxygens (including phenoxy) is 1. The first-order valence-corrected chi connectivity index (χ1v) is 9.17. The molecule has 6 heteroatoms. The fourth-order valence-electron chi connectivity index (χ4n) is 4.08. The largest absolute Gasteiger partial charge is 0.379 e. The van der Waals surface area contributed by atoms with Gasteiger partial charge < -0.3 is 9.64 Å². The van der Waals surface area contributed by atoms with Gasteiger partial charge in [-0.3, -0.25) is 14.4 Å². The Labute approximate surface area is 144 Å². The first-order chi connectivity index (χ1) is 11.6. The Bertz CT molecular complexity index is 565. The quantitative estimate of drug-likeness (QED) is 0.813. The number of hydrogen-bond acceptors (Lipinski definition) is 4. The number of morpholine rings is 1. The lowest BCUT2D eigenvalue weighted by Gasteiger charge is -2.34. The molecule has 0 unspecified atom stereocenters. The first kappa shape index (κ1) is 17.4. The van der Waals surface area contributed by atoms with Gasteiger partial charge in [0, 0.05) is 51.9 Å². The van der Waals surface area contributed by atoms with Gasteiger partial charge in [-0.1, -0.05) is 13.3 Å². The summed E-state index contributed by atoms with van der Waals surface area (Å²) >= 11 is 0. The number of aromatic nitrogens is 2. The maximum Gasteiger partial charge on any atom is 0.222 e. The molecule has 3 heterocycles. The van der Waals surface area contributed by atoms with Crippen molar-refractivity contribution in [1.29, 1.82) is 0 Å². The second-order valence-electron chi connectivity index (χ2n) is 7.10. The van der Waals surface area contributed by atoms with Gasteiger partial charge in [0.2, 0.25) is 5.91 Å². The zero-order valence-corrected chi connectivity index (χ0v) is 15.2. The van der Waals surface area contributed by atoms with E-state index in [1.54, 1.807) is 0 Å². The molecule has 2 aliphatic rings. The monoisotopic (exact) mass is 334 g/mol. The highest BCUT2D eigenvalue weighted by Gasteiger charge is 2.37. The third kappa shape index (κ3) is 3.81. The lowest BCUT2D eigenvalue weighted by molar-refractivity contribution is -0.130. The Morgan fingerprint density at radius 2 is 2.08 bits per heavy atom. The van der Waals surface area contributed by atoms with E-state index in [9.17, 15) is 4.79 Å². The smallest absolute Gasteiger partial charge is 0.222 e. The van der Waals surface area contributed by atoms with Crippen molar-refractivity contribution in [1.82, 2.24) is 19.6 Å². The number of nitrogens with zero attached hydrogens (tertiary/aromatic N) is 4. The molecular weight excluding hydrogens is 304 g/mol. The minimum absolute atomic E-state index is 0.285. The molecule has 2 atom stereocenters. The topological polar surface area (TPSA) is 50.6 Å². The van der Waals surface area contributed by atoms with Gasteiger partial charge in [0.05, 0.1) is 18.9 Å². The number of amides is 1. The van der Waals surface area contributed by atoms with Gasteiger partial charge in [0.15, 0.2) is 0 Å². The van der Waals surface area contributed by atoms with Crippen LogP contribution < -0.4 is 0 Å². The van der Waals surface area contributed by atoms with Crippen LogP contribution in [0.5, 0.6) is 0 Å². The Kier molecular flexibility index (Phi) is 5.56. The minimum atomic E-state index is 0.285. The molecule has 0 bridgehead atoms. The van der Waals surface area contributed by atoms with Crippen molar-refractivity contribution >= 4 is 5.91 Å². The lowest BCUT2D eigenvalue weighted by Crippen LogP contribution is -2.47. The summed E-state index contributed by atoms with van der Waals surface area (Å²) in [6.07, 6.45) is 4.53. The molecule has 1 amide bonds. The third-order valence-electron chi connectivity index (χ3n) is 5.52. The van der Waals surface area contributed by atoms with Crippen LogP contribution in [0.25, 0.3) is 0 Å². The van der Waals surface area contributed by atoms with Crippen LogP contribution in [0, 0.1) is 12.8 Å². The van der Waals surface area contributed by atoms with Crippen molar-refractivity contribution in [2.75, 3.05) is 39.4 Å². The minimum Gasteiger partial charge on any atom is -0.379 e. The molecule has 0 N–H and O–H groups in total. The average Bonchev–Trinajstić information content (AvgIpc) is 3.16. The van der Waals surface area contributed by atoms with E-state index in [4.69, 9.17) is 4.74 Å². The number of likely N-dealkylation sites (tertiary alicyclic amines) is 1. The summed E-state index contributed by atoms with van der Waals surface area (Å²) in [4.78, 5) is 17.3. The molecular formula is C18H30N4O2. The molecule has 0 aromatic carbocycles. The molecule has 2 fully saturated rings. The first-order valence-electron chi connectivity index (χ1n) is 9.17. The number of aryl methyl sites for hydroxylation is 3. The van der Waals surface area contributed by atoms with Crippen molar-refractivity contribution in [2.45, 2.75) is 39.2 Å². The summed E-state index contributed by atoms with van der Waals surface area (Å²) in [6, 6.07) is 0.503. The third-order valence-corrected chi connectivity index (χ3v) is 5.52. The summed E-state index contributed by atoms with van der Waals surface area (Å²) in [6.45, 7) is 9.67. The highest BCUT2D eigenvalue weighted by Crippen LogP contribution is 2.26. The maximum atomic E-state index is 12.7. The summed E-state index contributed by atoms with van der Waals surface area (Å²) in [7, 11) is 1.93. The zero-order valence-electron chi connectivity index (χ0n) is 15.2. The van der Waals surface area contributed by atoms with Crippen LogP contribution in [0.1, 0.15) is 31.0 Å². The fraction of sp³-hybridized carbons (Fsp3) is 0.778. The number of carbonyl (C=O) groups is 1. The average molecular weight is 334 g/mol. The second-order valence-corrected chi connectivity index (χ2v) is 7.10. The molecule has 3 rings (SSSR count). The molecule has 134 valence electrons. The molecule has 0 aliphatic carbocycles. The predicted molar refractivity (Wildman–Crippen MR) is 92.8 cm³/mol. The number of rotatable bonds is 5. The van der Waals surface area contributed by atoms with Gasteiger partial charge in [-0.15, -0.1) is 0 Å². The van der Waals surface area contributed by atoms with E-state index in [1.807, 2.05) is 24.9 Å². The standard InChI is InChI=1S/C18H30N4O2/c1-4-15-12-22(13-17(15)21-7-9-24-10-8-21)18(23)6-5-16-11-20(3)19-14(16)2/h11,15,17H,4-10,12-13H2,1-3H3/t15-,17+/m0/s1. The van der Waals surface area contributed by atoms with Crippen LogP contribution in [-0.4, -0.2) is 70.9 Å².